The standard InChI is InChI=1S/C25H34N2O2/c1-20-11-12-25-24(18-20)19-26(3)15-13-23(22-8-5-4-6-9-22)10-7-14-27(21(2)28)16-17-29-25/h4-6,8-9,11-12,18,23H,7,10,13-17,19H2,1-3H3. The molecule has 0 saturated heterocycles. The molecule has 0 spiro atoms. The van der Waals surface area contributed by atoms with Crippen LogP contribution in [0.15, 0.2) is 48.5 Å². The third kappa shape index (κ3) is 6.33. The molecular formula is C25H34N2O2. The van der Waals surface area contributed by atoms with E-state index < -0.39 is 0 Å². The molecule has 0 fully saturated rings. The third-order valence-corrected chi connectivity index (χ3v) is 5.83. The summed E-state index contributed by atoms with van der Waals surface area (Å²) in [7, 11) is 2.19. The van der Waals surface area contributed by atoms with Crippen molar-refractivity contribution in [3.63, 3.8) is 0 Å². The van der Waals surface area contributed by atoms with Crippen LogP contribution in [0.25, 0.3) is 0 Å². The second-order valence-electron chi connectivity index (χ2n) is 8.24. The summed E-state index contributed by atoms with van der Waals surface area (Å²) in [6.45, 7) is 7.63. The molecule has 4 heteroatoms. The molecule has 0 N–H and O–H groups in total. The molecule has 1 atom stereocenters. The highest BCUT2D eigenvalue weighted by atomic mass is 16.5. The fourth-order valence-electron chi connectivity index (χ4n) is 4.14. The van der Waals surface area contributed by atoms with Gasteiger partial charge in [0.1, 0.15) is 12.4 Å². The average molecular weight is 395 g/mol. The largest absolute Gasteiger partial charge is 0.491 e. The molecule has 2 aromatic rings. The van der Waals surface area contributed by atoms with Gasteiger partial charge in [-0.15, -0.1) is 0 Å². The van der Waals surface area contributed by atoms with Gasteiger partial charge in [0.2, 0.25) is 5.91 Å². The normalized spacial score (nSPS) is 19.7. The smallest absolute Gasteiger partial charge is 0.219 e. The van der Waals surface area contributed by atoms with E-state index in [2.05, 4.69) is 67.4 Å². The summed E-state index contributed by atoms with van der Waals surface area (Å²) in [5.41, 5.74) is 3.87. The van der Waals surface area contributed by atoms with Crippen molar-refractivity contribution in [2.24, 2.45) is 0 Å². The lowest BCUT2D eigenvalue weighted by molar-refractivity contribution is -0.129. The van der Waals surface area contributed by atoms with Crippen LogP contribution in [0.4, 0.5) is 0 Å². The zero-order chi connectivity index (χ0) is 20.6. The molecule has 0 bridgehead atoms. The summed E-state index contributed by atoms with van der Waals surface area (Å²) in [5.74, 6) is 1.58. The lowest BCUT2D eigenvalue weighted by Crippen LogP contribution is -2.34. The maximum absolute atomic E-state index is 12.1. The van der Waals surface area contributed by atoms with Crippen LogP contribution in [0.2, 0.25) is 0 Å². The predicted molar refractivity (Wildman–Crippen MR) is 118 cm³/mol. The number of carbonyl (C=O) groups excluding carboxylic acids is 1. The highest BCUT2D eigenvalue weighted by Gasteiger charge is 2.17. The second-order valence-corrected chi connectivity index (χ2v) is 8.24. The van der Waals surface area contributed by atoms with Crippen LogP contribution in [0.1, 0.15) is 48.8 Å². The van der Waals surface area contributed by atoms with Gasteiger partial charge in [-0.05, 0) is 57.3 Å². The summed E-state index contributed by atoms with van der Waals surface area (Å²) in [6.07, 6.45) is 3.22. The van der Waals surface area contributed by atoms with Crippen LogP contribution >= 0.6 is 0 Å². The first kappa shape index (κ1) is 21.4. The fourth-order valence-corrected chi connectivity index (χ4v) is 4.14. The summed E-state index contributed by atoms with van der Waals surface area (Å²) < 4.78 is 6.09. The van der Waals surface area contributed by atoms with Crippen molar-refractivity contribution in [3.05, 3.63) is 65.2 Å². The SMILES string of the molecule is CC(=O)N1CCCC(c2ccccc2)CCN(C)Cc2cc(C)ccc2OCC1. The molecule has 0 saturated carbocycles. The van der Waals surface area contributed by atoms with E-state index in [9.17, 15) is 4.79 Å². The molecule has 0 radical (unpaired) electrons. The summed E-state index contributed by atoms with van der Waals surface area (Å²) >= 11 is 0. The monoisotopic (exact) mass is 394 g/mol. The average Bonchev–Trinajstić information content (AvgIpc) is 2.70. The molecule has 1 unspecified atom stereocenters. The number of ether oxygens (including phenoxy) is 1. The van der Waals surface area contributed by atoms with E-state index in [4.69, 9.17) is 4.74 Å². The second kappa shape index (κ2) is 10.4. The van der Waals surface area contributed by atoms with Crippen molar-refractivity contribution in [3.8, 4) is 5.75 Å². The minimum atomic E-state index is 0.126. The van der Waals surface area contributed by atoms with Gasteiger partial charge in [-0.2, -0.15) is 0 Å². The number of amides is 1. The summed E-state index contributed by atoms with van der Waals surface area (Å²) in [5, 5.41) is 0. The van der Waals surface area contributed by atoms with Crippen LogP contribution in [0.3, 0.4) is 0 Å². The van der Waals surface area contributed by atoms with Crippen molar-refractivity contribution < 1.29 is 9.53 Å². The first-order chi connectivity index (χ1) is 14.0. The Kier molecular flexibility index (Phi) is 7.70. The van der Waals surface area contributed by atoms with Crippen molar-refractivity contribution in [1.29, 1.82) is 0 Å². The Morgan fingerprint density at radius 3 is 2.59 bits per heavy atom. The molecule has 2 aromatic carbocycles. The Labute approximate surface area is 175 Å². The van der Waals surface area contributed by atoms with Crippen LogP contribution in [0.5, 0.6) is 5.75 Å². The van der Waals surface area contributed by atoms with Gasteiger partial charge in [0.15, 0.2) is 0 Å². The molecule has 29 heavy (non-hydrogen) atoms. The van der Waals surface area contributed by atoms with Crippen molar-refractivity contribution in [2.45, 2.75) is 45.6 Å². The van der Waals surface area contributed by atoms with E-state index in [0.717, 1.165) is 44.6 Å². The number of fused-ring (bicyclic) bond motifs is 1. The van der Waals surface area contributed by atoms with E-state index in [1.807, 2.05) is 4.90 Å². The van der Waals surface area contributed by atoms with Gasteiger partial charge in [-0.25, -0.2) is 0 Å². The maximum atomic E-state index is 12.1. The van der Waals surface area contributed by atoms with E-state index in [1.165, 1.54) is 16.7 Å². The first-order valence-corrected chi connectivity index (χ1v) is 10.7. The summed E-state index contributed by atoms with van der Waals surface area (Å²) in [6, 6.07) is 17.2. The number of rotatable bonds is 1. The van der Waals surface area contributed by atoms with Crippen molar-refractivity contribution in [2.75, 3.05) is 33.3 Å². The number of hydrogen-bond donors (Lipinski definition) is 0. The zero-order valence-electron chi connectivity index (χ0n) is 18.1. The molecule has 1 aliphatic rings. The molecule has 156 valence electrons. The fraction of sp³-hybridized carbons (Fsp3) is 0.480. The molecule has 0 aromatic heterocycles. The van der Waals surface area contributed by atoms with Gasteiger partial charge in [-0.3, -0.25) is 4.79 Å². The first-order valence-electron chi connectivity index (χ1n) is 10.7. The highest BCUT2D eigenvalue weighted by Crippen LogP contribution is 2.27. The molecule has 1 amide bonds. The van der Waals surface area contributed by atoms with Gasteiger partial charge >= 0.3 is 0 Å². The van der Waals surface area contributed by atoms with Gasteiger partial charge in [0, 0.05) is 25.6 Å². The van der Waals surface area contributed by atoms with Gasteiger partial charge in [-0.1, -0.05) is 48.0 Å². The zero-order valence-corrected chi connectivity index (χ0v) is 18.1. The van der Waals surface area contributed by atoms with Crippen LogP contribution < -0.4 is 4.74 Å². The predicted octanol–water partition coefficient (Wildman–Crippen LogP) is 4.62. The molecule has 1 aliphatic heterocycles. The van der Waals surface area contributed by atoms with E-state index in [1.54, 1.807) is 6.92 Å². The van der Waals surface area contributed by atoms with Gasteiger partial charge in [0.05, 0.1) is 6.54 Å². The quantitative estimate of drug-likeness (QED) is 0.707. The Morgan fingerprint density at radius 2 is 1.83 bits per heavy atom. The number of aryl methyl sites for hydroxylation is 1. The van der Waals surface area contributed by atoms with Crippen LogP contribution in [0, 0.1) is 6.92 Å². The van der Waals surface area contributed by atoms with Crippen molar-refractivity contribution >= 4 is 5.91 Å². The summed E-state index contributed by atoms with van der Waals surface area (Å²) in [4.78, 5) is 16.4. The lowest BCUT2D eigenvalue weighted by Gasteiger charge is -2.26. The topological polar surface area (TPSA) is 32.8 Å². The van der Waals surface area contributed by atoms with E-state index >= 15 is 0 Å². The maximum Gasteiger partial charge on any atom is 0.219 e. The Morgan fingerprint density at radius 1 is 1.03 bits per heavy atom. The Hall–Kier alpha value is -2.33. The molecule has 4 nitrogen and oxygen atoms in total. The highest BCUT2D eigenvalue weighted by molar-refractivity contribution is 5.73. The molecule has 0 aliphatic carbocycles. The number of carbonyl (C=O) groups is 1. The van der Waals surface area contributed by atoms with Gasteiger partial charge < -0.3 is 14.5 Å². The lowest BCUT2D eigenvalue weighted by atomic mass is 9.91. The molecule has 3 rings (SSSR count). The number of hydrogen-bond acceptors (Lipinski definition) is 3. The Bertz CT molecular complexity index is 791. The van der Waals surface area contributed by atoms with Crippen molar-refractivity contribution in [1.82, 2.24) is 9.80 Å². The third-order valence-electron chi connectivity index (χ3n) is 5.83. The minimum Gasteiger partial charge on any atom is -0.491 e. The van der Waals surface area contributed by atoms with Crippen LogP contribution in [-0.2, 0) is 11.3 Å². The number of benzene rings is 2. The Balaban J connectivity index is 1.80. The molecule has 1 heterocycles. The van der Waals surface area contributed by atoms with E-state index in [-0.39, 0.29) is 5.91 Å². The minimum absolute atomic E-state index is 0.126. The molecular weight excluding hydrogens is 360 g/mol. The number of nitrogens with zero attached hydrogens (tertiary/aromatic N) is 2. The van der Waals surface area contributed by atoms with E-state index in [0.29, 0.717) is 19.1 Å². The van der Waals surface area contributed by atoms with Gasteiger partial charge in [0.25, 0.3) is 0 Å². The van der Waals surface area contributed by atoms with Crippen LogP contribution in [-0.4, -0.2) is 49.0 Å².